The lowest BCUT2D eigenvalue weighted by molar-refractivity contribution is -0.644. The molecule has 3 aromatic rings. The van der Waals surface area contributed by atoms with Gasteiger partial charge in [-0.25, -0.2) is 4.57 Å². The summed E-state index contributed by atoms with van der Waals surface area (Å²) in [6.45, 7) is 4.12. The highest BCUT2D eigenvalue weighted by atomic mass is 35.5. The number of nitrogens with two attached hydrogens (primary N) is 1. The number of para-hydroxylation sites is 1. The Kier molecular flexibility index (Phi) is 10.00. The molecule has 6 heteroatoms. The van der Waals surface area contributed by atoms with Crippen LogP contribution in [0.3, 0.4) is 0 Å². The summed E-state index contributed by atoms with van der Waals surface area (Å²) in [6, 6.07) is 17.8. The molecule has 0 aliphatic rings. The fourth-order valence-corrected chi connectivity index (χ4v) is 3.25. The topological polar surface area (TPSA) is 59.0 Å². The Morgan fingerprint density at radius 2 is 1.70 bits per heavy atom. The normalized spacial score (nSPS) is 11.8. The molecule has 3 N–H and O–H groups in total. The van der Waals surface area contributed by atoms with Crippen molar-refractivity contribution in [1.29, 1.82) is 0 Å². The molecular weight excluding hydrogens is 417 g/mol. The van der Waals surface area contributed by atoms with Gasteiger partial charge in [0.15, 0.2) is 6.20 Å². The van der Waals surface area contributed by atoms with Crippen LogP contribution in [0.4, 0.5) is 5.69 Å². The van der Waals surface area contributed by atoms with Crippen LogP contribution in [-0.4, -0.2) is 11.9 Å². The quantitative estimate of drug-likeness (QED) is 0.523. The lowest BCUT2D eigenvalue weighted by Crippen LogP contribution is -2.36. The van der Waals surface area contributed by atoms with Gasteiger partial charge in [-0.3, -0.25) is 4.79 Å². The van der Waals surface area contributed by atoms with Crippen molar-refractivity contribution in [2.24, 2.45) is 18.7 Å². The van der Waals surface area contributed by atoms with Crippen molar-refractivity contribution in [3.63, 3.8) is 0 Å². The summed E-state index contributed by atoms with van der Waals surface area (Å²) < 4.78 is 2.12. The maximum atomic E-state index is 12.1. The first-order chi connectivity index (χ1) is 13.4. The number of fused-ring (bicyclic) bond motifs is 1. The van der Waals surface area contributed by atoms with Gasteiger partial charge in [-0.2, -0.15) is 0 Å². The SMILES string of the molecule is CC(C)C[C@H](N)C(=O)Nc1ccc(C=Cc2cc[n+](C)c3ccccc23)cc1.Cl.Cl. The predicted molar refractivity (Wildman–Crippen MR) is 131 cm³/mol. The molecule has 2 aromatic carbocycles. The molecule has 0 saturated carbocycles. The molecule has 0 fully saturated rings. The van der Waals surface area contributed by atoms with Gasteiger partial charge in [0, 0.05) is 17.8 Å². The minimum atomic E-state index is -0.479. The lowest BCUT2D eigenvalue weighted by Gasteiger charge is -2.14. The van der Waals surface area contributed by atoms with Crippen molar-refractivity contribution in [3.05, 3.63) is 71.9 Å². The van der Waals surface area contributed by atoms with E-state index in [1.54, 1.807) is 0 Å². The van der Waals surface area contributed by atoms with E-state index in [0.29, 0.717) is 12.3 Å². The van der Waals surface area contributed by atoms with Crippen LogP contribution in [0.15, 0.2) is 60.8 Å². The molecule has 1 amide bonds. The second kappa shape index (κ2) is 11.7. The van der Waals surface area contributed by atoms with Crippen LogP contribution in [0.1, 0.15) is 31.4 Å². The molecule has 0 aliphatic heterocycles. The van der Waals surface area contributed by atoms with Crippen LogP contribution in [0.25, 0.3) is 23.1 Å². The summed E-state index contributed by atoms with van der Waals surface area (Å²) in [4.78, 5) is 12.1. The van der Waals surface area contributed by atoms with Gasteiger partial charge in [-0.1, -0.05) is 50.3 Å². The number of amides is 1. The van der Waals surface area contributed by atoms with Gasteiger partial charge in [0.05, 0.1) is 11.4 Å². The van der Waals surface area contributed by atoms with Crippen LogP contribution in [0.5, 0.6) is 0 Å². The number of nitrogens with zero attached hydrogens (tertiary/aromatic N) is 1. The number of pyridine rings is 1. The third-order valence-corrected chi connectivity index (χ3v) is 4.77. The highest BCUT2D eigenvalue weighted by molar-refractivity contribution is 5.95. The van der Waals surface area contributed by atoms with E-state index >= 15 is 0 Å². The number of aromatic nitrogens is 1. The van der Waals surface area contributed by atoms with E-state index in [0.717, 1.165) is 11.3 Å². The highest BCUT2D eigenvalue weighted by Crippen LogP contribution is 2.19. The molecule has 1 aromatic heterocycles. The molecule has 0 spiro atoms. The first-order valence-corrected chi connectivity index (χ1v) is 9.66. The minimum Gasteiger partial charge on any atom is -0.325 e. The average Bonchev–Trinajstić information content (AvgIpc) is 2.68. The maximum Gasteiger partial charge on any atom is 0.241 e. The monoisotopic (exact) mass is 446 g/mol. The van der Waals surface area contributed by atoms with Crippen molar-refractivity contribution < 1.29 is 9.36 Å². The van der Waals surface area contributed by atoms with Crippen molar-refractivity contribution in [2.75, 3.05) is 5.32 Å². The predicted octanol–water partition coefficient (Wildman–Crippen LogP) is 4.99. The van der Waals surface area contributed by atoms with E-state index in [1.807, 2.05) is 24.3 Å². The van der Waals surface area contributed by atoms with Crippen LogP contribution in [0, 0.1) is 5.92 Å². The van der Waals surface area contributed by atoms with E-state index in [4.69, 9.17) is 5.73 Å². The van der Waals surface area contributed by atoms with Crippen LogP contribution >= 0.6 is 24.8 Å². The number of hydrogen-bond acceptors (Lipinski definition) is 2. The van der Waals surface area contributed by atoms with Crippen LogP contribution in [-0.2, 0) is 11.8 Å². The number of aryl methyl sites for hydroxylation is 1. The number of halogens is 2. The molecule has 0 radical (unpaired) electrons. The summed E-state index contributed by atoms with van der Waals surface area (Å²) in [6.07, 6.45) is 6.95. The Balaban J connectivity index is 0.00000225. The molecule has 30 heavy (non-hydrogen) atoms. The Morgan fingerprint density at radius 1 is 1.03 bits per heavy atom. The Hall–Kier alpha value is -2.40. The first kappa shape index (κ1) is 25.6. The molecule has 0 unspecified atom stereocenters. The summed E-state index contributed by atoms with van der Waals surface area (Å²) in [5.74, 6) is 0.255. The number of anilines is 1. The Morgan fingerprint density at radius 3 is 2.37 bits per heavy atom. The number of rotatable bonds is 6. The van der Waals surface area contributed by atoms with Gasteiger partial charge < -0.3 is 11.1 Å². The third kappa shape index (κ3) is 6.56. The maximum absolute atomic E-state index is 12.1. The number of hydrogen-bond donors (Lipinski definition) is 2. The van der Waals surface area contributed by atoms with Crippen molar-refractivity contribution in [1.82, 2.24) is 0 Å². The highest BCUT2D eigenvalue weighted by Gasteiger charge is 2.14. The molecule has 0 aliphatic carbocycles. The van der Waals surface area contributed by atoms with Gasteiger partial charge in [0.1, 0.15) is 7.05 Å². The molecular formula is C24H30Cl2N3O+. The van der Waals surface area contributed by atoms with Crippen molar-refractivity contribution >= 4 is 59.5 Å². The van der Waals surface area contributed by atoms with E-state index < -0.39 is 6.04 Å². The van der Waals surface area contributed by atoms with Crippen molar-refractivity contribution in [2.45, 2.75) is 26.3 Å². The van der Waals surface area contributed by atoms with Gasteiger partial charge in [0.25, 0.3) is 0 Å². The molecule has 1 heterocycles. The molecule has 1 atom stereocenters. The second-order valence-corrected chi connectivity index (χ2v) is 7.58. The van der Waals surface area contributed by atoms with Crippen molar-refractivity contribution in [3.8, 4) is 0 Å². The van der Waals surface area contributed by atoms with Gasteiger partial charge >= 0.3 is 0 Å². The minimum absolute atomic E-state index is 0. The standard InChI is InChI=1S/C24H27N3O.2ClH/c1-17(2)16-22(25)24(28)26-20-12-9-18(10-13-20)8-11-19-14-15-27(3)23-7-5-4-6-21(19)23;;/h4-15,17,22H,16,25H2,1-3H3;2*1H/p+1/t22-;;/m0../s1. The number of nitrogens with one attached hydrogen (secondary N) is 1. The Bertz CT molecular complexity index is 1000. The number of carbonyl (C=O) groups excluding carboxylic acids is 1. The fraction of sp³-hybridized carbons (Fsp3) is 0.250. The molecule has 0 saturated heterocycles. The average molecular weight is 447 g/mol. The molecule has 3 rings (SSSR count). The fourth-order valence-electron chi connectivity index (χ4n) is 3.25. The zero-order valence-electron chi connectivity index (χ0n) is 17.5. The summed E-state index contributed by atoms with van der Waals surface area (Å²) in [7, 11) is 2.05. The zero-order chi connectivity index (χ0) is 20.1. The van der Waals surface area contributed by atoms with E-state index in [2.05, 4.69) is 79.5 Å². The zero-order valence-corrected chi connectivity index (χ0v) is 19.2. The first-order valence-electron chi connectivity index (χ1n) is 9.66. The van der Waals surface area contributed by atoms with E-state index in [1.165, 1.54) is 16.5 Å². The van der Waals surface area contributed by atoms with Gasteiger partial charge in [0.2, 0.25) is 11.4 Å². The largest absolute Gasteiger partial charge is 0.325 e. The smallest absolute Gasteiger partial charge is 0.241 e. The van der Waals surface area contributed by atoms with Crippen LogP contribution < -0.4 is 15.6 Å². The number of benzene rings is 2. The summed E-state index contributed by atoms with van der Waals surface area (Å²) in [5.41, 5.74) is 10.1. The van der Waals surface area contributed by atoms with Crippen LogP contribution in [0.2, 0.25) is 0 Å². The third-order valence-electron chi connectivity index (χ3n) is 4.77. The van der Waals surface area contributed by atoms with E-state index in [9.17, 15) is 4.79 Å². The molecule has 4 nitrogen and oxygen atoms in total. The van der Waals surface area contributed by atoms with Gasteiger partial charge in [-0.05, 0) is 41.7 Å². The van der Waals surface area contributed by atoms with Gasteiger partial charge in [-0.15, -0.1) is 24.8 Å². The summed E-state index contributed by atoms with van der Waals surface area (Å²) >= 11 is 0. The molecule has 160 valence electrons. The second-order valence-electron chi connectivity index (χ2n) is 7.58. The lowest BCUT2D eigenvalue weighted by atomic mass is 10.0. The van der Waals surface area contributed by atoms with E-state index in [-0.39, 0.29) is 30.7 Å². The Labute approximate surface area is 191 Å². The molecule has 0 bridgehead atoms. The summed E-state index contributed by atoms with van der Waals surface area (Å²) in [5, 5.41) is 4.10. The number of carbonyl (C=O) groups is 1.